The predicted molar refractivity (Wildman–Crippen MR) is 133 cm³/mol. The third-order valence-corrected chi connectivity index (χ3v) is 6.33. The summed E-state index contributed by atoms with van der Waals surface area (Å²) in [5, 5.41) is 9.86. The molecule has 0 spiro atoms. The molecule has 0 saturated heterocycles. The molecule has 0 N–H and O–H groups in total. The van der Waals surface area contributed by atoms with E-state index >= 15 is 0 Å². The molecule has 0 atom stereocenters. The average molecular weight is 458 g/mol. The zero-order chi connectivity index (χ0) is 21.7. The summed E-state index contributed by atoms with van der Waals surface area (Å²) in [5.41, 5.74) is 1.67. The molecule has 1 heterocycles. The number of thiazole rings is 1. The van der Waals surface area contributed by atoms with Crippen LogP contribution in [0.4, 0.5) is 10.8 Å². The molecule has 1 aromatic heterocycles. The molecule has 31 heavy (non-hydrogen) atoms. The zero-order valence-corrected chi connectivity index (χ0v) is 19.9. The van der Waals surface area contributed by atoms with Gasteiger partial charge in [0.2, 0.25) is 5.13 Å². The van der Waals surface area contributed by atoms with Crippen LogP contribution in [0.1, 0.15) is 71.1 Å². The van der Waals surface area contributed by atoms with Crippen LogP contribution in [0, 0.1) is 0 Å². The topological polar surface area (TPSA) is 46.8 Å². The minimum Gasteiger partial charge on any atom is -0.494 e. The minimum atomic E-state index is 0.624. The number of benzene rings is 2. The molecule has 0 aliphatic rings. The highest BCUT2D eigenvalue weighted by molar-refractivity contribution is 7.21. The van der Waals surface area contributed by atoms with Crippen LogP contribution in [0.3, 0.4) is 0 Å². The Hall–Kier alpha value is -1.98. The maximum absolute atomic E-state index is 6.02. The lowest BCUT2D eigenvalue weighted by atomic mass is 10.1. The van der Waals surface area contributed by atoms with Crippen LogP contribution in [0.5, 0.6) is 5.75 Å². The fraction of sp³-hybridized carbons (Fsp3) is 0.480. The first-order chi connectivity index (χ1) is 15.2. The van der Waals surface area contributed by atoms with Crippen molar-refractivity contribution in [2.45, 2.75) is 71.1 Å². The molecule has 0 saturated carbocycles. The summed E-state index contributed by atoms with van der Waals surface area (Å²) in [4.78, 5) is 4.45. The zero-order valence-electron chi connectivity index (χ0n) is 18.4. The molecule has 0 aliphatic heterocycles. The van der Waals surface area contributed by atoms with Crippen LogP contribution in [0.15, 0.2) is 52.7 Å². The fourth-order valence-corrected chi connectivity index (χ4v) is 4.48. The van der Waals surface area contributed by atoms with Crippen LogP contribution in [0.25, 0.3) is 10.2 Å². The molecule has 0 amide bonds. The number of halogens is 1. The lowest BCUT2D eigenvalue weighted by molar-refractivity contribution is 0.304. The molecule has 2 aromatic carbocycles. The third kappa shape index (κ3) is 8.58. The highest BCUT2D eigenvalue weighted by Gasteiger charge is 2.03. The largest absolute Gasteiger partial charge is 0.494 e. The Morgan fingerprint density at radius 3 is 2.23 bits per heavy atom. The Bertz CT molecular complexity index is 940. The van der Waals surface area contributed by atoms with Crippen LogP contribution >= 0.6 is 22.9 Å². The Morgan fingerprint density at radius 2 is 1.52 bits per heavy atom. The quantitative estimate of drug-likeness (QED) is 0.178. The van der Waals surface area contributed by atoms with Crippen molar-refractivity contribution in [1.82, 2.24) is 4.98 Å². The van der Waals surface area contributed by atoms with Gasteiger partial charge in [0.15, 0.2) is 0 Å². The number of unbranched alkanes of at least 4 members (excludes halogenated alkanes) is 9. The molecule has 6 heteroatoms. The van der Waals surface area contributed by atoms with Gasteiger partial charge in [0.1, 0.15) is 5.75 Å². The Kier molecular flexibility index (Phi) is 10.3. The van der Waals surface area contributed by atoms with Gasteiger partial charge in [-0.3, -0.25) is 0 Å². The van der Waals surface area contributed by atoms with Gasteiger partial charge in [0.05, 0.1) is 22.5 Å². The molecule has 0 bridgehead atoms. The van der Waals surface area contributed by atoms with Gasteiger partial charge in [-0.2, -0.15) is 0 Å². The van der Waals surface area contributed by atoms with E-state index in [0.717, 1.165) is 34.7 Å². The van der Waals surface area contributed by atoms with Crippen LogP contribution < -0.4 is 4.74 Å². The van der Waals surface area contributed by atoms with Gasteiger partial charge in [-0.05, 0) is 48.9 Å². The van der Waals surface area contributed by atoms with Gasteiger partial charge in [0.25, 0.3) is 0 Å². The van der Waals surface area contributed by atoms with Gasteiger partial charge < -0.3 is 4.74 Å². The summed E-state index contributed by atoms with van der Waals surface area (Å²) < 4.78 is 6.86. The van der Waals surface area contributed by atoms with Gasteiger partial charge in [0, 0.05) is 5.02 Å². The average Bonchev–Trinajstić information content (AvgIpc) is 3.19. The van der Waals surface area contributed by atoms with E-state index in [9.17, 15) is 0 Å². The molecule has 0 unspecified atom stereocenters. The number of aromatic nitrogens is 1. The van der Waals surface area contributed by atoms with Crippen molar-refractivity contribution in [2.75, 3.05) is 6.61 Å². The summed E-state index contributed by atoms with van der Waals surface area (Å²) in [6, 6.07) is 13.4. The summed E-state index contributed by atoms with van der Waals surface area (Å²) in [5.74, 6) is 0.879. The number of azo groups is 1. The number of fused-ring (bicyclic) bond motifs is 1. The minimum absolute atomic E-state index is 0.624. The second-order valence-corrected chi connectivity index (χ2v) is 9.28. The van der Waals surface area contributed by atoms with Crippen molar-refractivity contribution in [3.05, 3.63) is 47.5 Å². The number of rotatable bonds is 14. The Balaban J connectivity index is 1.31. The number of hydrogen-bond acceptors (Lipinski definition) is 5. The molecule has 0 aliphatic carbocycles. The van der Waals surface area contributed by atoms with Crippen molar-refractivity contribution in [2.24, 2.45) is 10.2 Å². The van der Waals surface area contributed by atoms with Crippen molar-refractivity contribution < 1.29 is 4.74 Å². The van der Waals surface area contributed by atoms with E-state index in [1.165, 1.54) is 69.1 Å². The van der Waals surface area contributed by atoms with E-state index in [-0.39, 0.29) is 0 Å². The first-order valence-electron chi connectivity index (χ1n) is 11.5. The van der Waals surface area contributed by atoms with Gasteiger partial charge in [-0.1, -0.05) is 87.6 Å². The molecule has 166 valence electrons. The lowest BCUT2D eigenvalue weighted by Gasteiger charge is -2.06. The lowest BCUT2D eigenvalue weighted by Crippen LogP contribution is -1.96. The molecular formula is C25H32ClN3OS. The number of hydrogen-bond donors (Lipinski definition) is 0. The first kappa shape index (κ1) is 23.7. The van der Waals surface area contributed by atoms with E-state index in [4.69, 9.17) is 16.3 Å². The van der Waals surface area contributed by atoms with E-state index in [2.05, 4.69) is 22.1 Å². The van der Waals surface area contributed by atoms with Crippen molar-refractivity contribution >= 4 is 44.0 Å². The smallest absolute Gasteiger partial charge is 0.231 e. The normalized spacial score (nSPS) is 11.5. The maximum atomic E-state index is 6.02. The Labute approximate surface area is 194 Å². The van der Waals surface area contributed by atoms with Crippen LogP contribution in [0.2, 0.25) is 5.02 Å². The van der Waals surface area contributed by atoms with E-state index in [1.54, 1.807) is 0 Å². The molecule has 3 rings (SSSR count). The second-order valence-electron chi connectivity index (χ2n) is 7.83. The predicted octanol–water partition coefficient (Wildman–Crippen LogP) is 9.66. The maximum Gasteiger partial charge on any atom is 0.231 e. The molecule has 3 aromatic rings. The standard InChI is InChI=1S/C25H32ClN3OS/c1-2-3-4-5-6-7-8-9-10-11-18-30-22-15-13-21(14-16-22)28-29-25-27-23-17-12-20(26)19-24(23)31-25/h12-17,19H,2-11,18H2,1H3. The molecule has 0 fully saturated rings. The SMILES string of the molecule is CCCCCCCCCCCCOc1ccc(N=Nc2nc3ccc(Cl)cc3s2)cc1. The summed E-state index contributed by atoms with van der Waals surface area (Å²) >= 11 is 7.50. The second kappa shape index (κ2) is 13.4. The highest BCUT2D eigenvalue weighted by Crippen LogP contribution is 2.31. The van der Waals surface area contributed by atoms with Crippen LogP contribution in [-0.2, 0) is 0 Å². The fourth-order valence-electron chi connectivity index (χ4n) is 3.42. The van der Waals surface area contributed by atoms with Crippen LogP contribution in [-0.4, -0.2) is 11.6 Å². The summed E-state index contributed by atoms with van der Waals surface area (Å²) in [6.07, 6.45) is 13.3. The third-order valence-electron chi connectivity index (χ3n) is 5.19. The summed E-state index contributed by atoms with van der Waals surface area (Å²) in [6.45, 7) is 3.04. The van der Waals surface area contributed by atoms with E-state index in [1.807, 2.05) is 42.5 Å². The van der Waals surface area contributed by atoms with Gasteiger partial charge in [-0.25, -0.2) is 4.98 Å². The van der Waals surface area contributed by atoms with Crippen molar-refractivity contribution in [3.8, 4) is 5.75 Å². The monoisotopic (exact) mass is 457 g/mol. The molecular weight excluding hydrogens is 426 g/mol. The molecule has 0 radical (unpaired) electrons. The Morgan fingerprint density at radius 1 is 0.839 bits per heavy atom. The van der Waals surface area contributed by atoms with Crippen molar-refractivity contribution in [1.29, 1.82) is 0 Å². The summed E-state index contributed by atoms with van der Waals surface area (Å²) in [7, 11) is 0. The highest BCUT2D eigenvalue weighted by atomic mass is 35.5. The first-order valence-corrected chi connectivity index (χ1v) is 12.6. The molecule has 4 nitrogen and oxygen atoms in total. The van der Waals surface area contributed by atoms with Crippen molar-refractivity contribution in [3.63, 3.8) is 0 Å². The number of nitrogens with zero attached hydrogens (tertiary/aromatic N) is 3. The number of ether oxygens (including phenoxy) is 1. The van der Waals surface area contributed by atoms with E-state index in [0.29, 0.717) is 10.2 Å². The van der Waals surface area contributed by atoms with E-state index < -0.39 is 0 Å². The van der Waals surface area contributed by atoms with Gasteiger partial charge in [-0.15, -0.1) is 10.2 Å². The van der Waals surface area contributed by atoms with Gasteiger partial charge >= 0.3 is 0 Å².